The van der Waals surface area contributed by atoms with Crippen LogP contribution in [0.15, 0.2) is 28.7 Å². The number of rotatable bonds is 3. The molecule has 0 aliphatic heterocycles. The van der Waals surface area contributed by atoms with Crippen molar-refractivity contribution in [2.75, 3.05) is 0 Å². The number of carbonyl (C=O) groups is 1. The third-order valence-corrected chi connectivity index (χ3v) is 2.73. The maximum Gasteiger partial charge on any atom is 0.223 e. The Bertz CT molecular complexity index is 349. The Morgan fingerprint density at radius 1 is 1.33 bits per heavy atom. The zero-order valence-electron chi connectivity index (χ0n) is 9.25. The molecule has 0 saturated heterocycles. The van der Waals surface area contributed by atoms with Crippen LogP contribution in [0.1, 0.15) is 32.4 Å². The molecular formula is C12H16BrNO. The van der Waals surface area contributed by atoms with Gasteiger partial charge < -0.3 is 5.32 Å². The van der Waals surface area contributed by atoms with Gasteiger partial charge in [0.1, 0.15) is 0 Å². The molecule has 1 aromatic rings. The van der Waals surface area contributed by atoms with Gasteiger partial charge >= 0.3 is 0 Å². The van der Waals surface area contributed by atoms with Gasteiger partial charge in [0, 0.05) is 10.4 Å². The first kappa shape index (κ1) is 12.2. The Morgan fingerprint density at radius 3 is 2.53 bits per heavy atom. The lowest BCUT2D eigenvalue weighted by molar-refractivity contribution is -0.124. The van der Waals surface area contributed by atoms with Crippen LogP contribution in [0, 0.1) is 5.92 Å². The molecule has 1 rings (SSSR count). The Hall–Kier alpha value is -0.830. The third-order valence-electron chi connectivity index (χ3n) is 2.23. The van der Waals surface area contributed by atoms with Crippen molar-refractivity contribution in [3.8, 4) is 0 Å². The molecule has 1 atom stereocenters. The summed E-state index contributed by atoms with van der Waals surface area (Å²) in [5, 5.41) is 2.96. The molecule has 0 bridgehead atoms. The van der Waals surface area contributed by atoms with Crippen LogP contribution in [0.2, 0.25) is 0 Å². The van der Waals surface area contributed by atoms with Gasteiger partial charge in [0.15, 0.2) is 0 Å². The van der Waals surface area contributed by atoms with Crippen LogP contribution in [0.25, 0.3) is 0 Å². The molecule has 82 valence electrons. The van der Waals surface area contributed by atoms with E-state index in [2.05, 4.69) is 21.2 Å². The summed E-state index contributed by atoms with van der Waals surface area (Å²) in [7, 11) is 0. The van der Waals surface area contributed by atoms with E-state index in [0.29, 0.717) is 0 Å². The van der Waals surface area contributed by atoms with E-state index in [9.17, 15) is 4.79 Å². The fourth-order valence-corrected chi connectivity index (χ4v) is 1.66. The molecule has 0 saturated carbocycles. The van der Waals surface area contributed by atoms with Crippen molar-refractivity contribution in [2.24, 2.45) is 5.92 Å². The summed E-state index contributed by atoms with van der Waals surface area (Å²) >= 11 is 3.41. The molecule has 0 heterocycles. The minimum Gasteiger partial charge on any atom is -0.349 e. The minimum atomic E-state index is 0.0274. The predicted octanol–water partition coefficient (Wildman–Crippen LogP) is 3.28. The first-order chi connectivity index (χ1) is 7.00. The van der Waals surface area contributed by atoms with Crippen LogP contribution in [0.3, 0.4) is 0 Å². The van der Waals surface area contributed by atoms with Gasteiger partial charge in [0.05, 0.1) is 6.04 Å². The standard InChI is InChI=1S/C12H16BrNO/c1-8(2)12(15)14-9(3)10-5-4-6-11(13)7-10/h4-9H,1-3H3,(H,14,15). The van der Waals surface area contributed by atoms with E-state index < -0.39 is 0 Å². The number of hydrogen-bond donors (Lipinski definition) is 1. The van der Waals surface area contributed by atoms with Gasteiger partial charge in [-0.25, -0.2) is 0 Å². The molecule has 1 N–H and O–H groups in total. The van der Waals surface area contributed by atoms with Gasteiger partial charge in [-0.3, -0.25) is 4.79 Å². The highest BCUT2D eigenvalue weighted by molar-refractivity contribution is 9.10. The molecule has 0 fully saturated rings. The van der Waals surface area contributed by atoms with E-state index in [4.69, 9.17) is 0 Å². The smallest absolute Gasteiger partial charge is 0.223 e. The number of hydrogen-bond acceptors (Lipinski definition) is 1. The highest BCUT2D eigenvalue weighted by Crippen LogP contribution is 2.18. The minimum absolute atomic E-state index is 0.0274. The third kappa shape index (κ3) is 3.67. The average Bonchev–Trinajstić information content (AvgIpc) is 2.17. The number of halogens is 1. The van der Waals surface area contributed by atoms with E-state index in [1.54, 1.807) is 0 Å². The second kappa shape index (κ2) is 5.31. The van der Waals surface area contributed by atoms with Crippen LogP contribution in [-0.2, 0) is 4.79 Å². The molecule has 1 aromatic carbocycles. The highest BCUT2D eigenvalue weighted by Gasteiger charge is 2.12. The fraction of sp³-hybridized carbons (Fsp3) is 0.417. The quantitative estimate of drug-likeness (QED) is 0.897. The summed E-state index contributed by atoms with van der Waals surface area (Å²) < 4.78 is 1.03. The van der Waals surface area contributed by atoms with Crippen molar-refractivity contribution in [1.29, 1.82) is 0 Å². The summed E-state index contributed by atoms with van der Waals surface area (Å²) in [6.45, 7) is 5.77. The summed E-state index contributed by atoms with van der Waals surface area (Å²) in [5.41, 5.74) is 1.11. The Morgan fingerprint density at radius 2 is 2.00 bits per heavy atom. The van der Waals surface area contributed by atoms with Gasteiger partial charge in [-0.05, 0) is 24.6 Å². The topological polar surface area (TPSA) is 29.1 Å². The van der Waals surface area contributed by atoms with Gasteiger partial charge in [0.25, 0.3) is 0 Å². The second-order valence-corrected chi connectivity index (χ2v) is 4.86. The lowest BCUT2D eigenvalue weighted by Gasteiger charge is -2.16. The molecule has 15 heavy (non-hydrogen) atoms. The molecule has 0 aliphatic carbocycles. The van der Waals surface area contributed by atoms with Crippen LogP contribution >= 0.6 is 15.9 Å². The van der Waals surface area contributed by atoms with Crippen molar-refractivity contribution >= 4 is 21.8 Å². The summed E-state index contributed by atoms with van der Waals surface area (Å²) in [6, 6.07) is 8.02. The molecule has 1 amide bonds. The zero-order chi connectivity index (χ0) is 11.4. The van der Waals surface area contributed by atoms with Crippen LogP contribution in [0.4, 0.5) is 0 Å². The van der Waals surface area contributed by atoms with Gasteiger partial charge in [0.2, 0.25) is 5.91 Å². The monoisotopic (exact) mass is 269 g/mol. The largest absolute Gasteiger partial charge is 0.349 e. The van der Waals surface area contributed by atoms with Crippen molar-refractivity contribution in [3.05, 3.63) is 34.3 Å². The normalized spacial score (nSPS) is 12.6. The first-order valence-electron chi connectivity index (χ1n) is 5.06. The molecule has 2 nitrogen and oxygen atoms in total. The lowest BCUT2D eigenvalue weighted by Crippen LogP contribution is -2.30. The number of benzene rings is 1. The number of nitrogens with one attached hydrogen (secondary N) is 1. The highest BCUT2D eigenvalue weighted by atomic mass is 79.9. The summed E-state index contributed by atoms with van der Waals surface area (Å²) in [6.07, 6.45) is 0. The van der Waals surface area contributed by atoms with Crippen molar-refractivity contribution in [2.45, 2.75) is 26.8 Å². The van der Waals surface area contributed by atoms with E-state index in [1.807, 2.05) is 45.0 Å². The predicted molar refractivity (Wildman–Crippen MR) is 65.5 cm³/mol. The summed E-state index contributed by atoms with van der Waals surface area (Å²) in [5.74, 6) is 0.113. The summed E-state index contributed by atoms with van der Waals surface area (Å²) in [4.78, 5) is 11.5. The Kier molecular flexibility index (Phi) is 4.33. The van der Waals surface area contributed by atoms with Gasteiger partial charge in [-0.15, -0.1) is 0 Å². The van der Waals surface area contributed by atoms with E-state index in [1.165, 1.54) is 0 Å². The number of amides is 1. The molecule has 1 unspecified atom stereocenters. The van der Waals surface area contributed by atoms with E-state index in [0.717, 1.165) is 10.0 Å². The van der Waals surface area contributed by atoms with Crippen LogP contribution in [0.5, 0.6) is 0 Å². The Labute approximate surface area is 99.2 Å². The van der Waals surface area contributed by atoms with Crippen LogP contribution in [-0.4, -0.2) is 5.91 Å². The second-order valence-electron chi connectivity index (χ2n) is 3.94. The van der Waals surface area contributed by atoms with Crippen molar-refractivity contribution < 1.29 is 4.79 Å². The molecule has 0 aliphatic rings. The molecule has 0 aromatic heterocycles. The SMILES string of the molecule is CC(C)C(=O)NC(C)c1cccc(Br)c1. The molecule has 3 heteroatoms. The molecule has 0 radical (unpaired) electrons. The van der Waals surface area contributed by atoms with Gasteiger partial charge in [-0.2, -0.15) is 0 Å². The van der Waals surface area contributed by atoms with E-state index >= 15 is 0 Å². The maximum atomic E-state index is 11.5. The lowest BCUT2D eigenvalue weighted by atomic mass is 10.1. The number of carbonyl (C=O) groups excluding carboxylic acids is 1. The van der Waals surface area contributed by atoms with Crippen molar-refractivity contribution in [1.82, 2.24) is 5.32 Å². The first-order valence-corrected chi connectivity index (χ1v) is 5.86. The fourth-order valence-electron chi connectivity index (χ4n) is 1.24. The molecule has 0 spiro atoms. The van der Waals surface area contributed by atoms with Gasteiger partial charge in [-0.1, -0.05) is 41.9 Å². The zero-order valence-corrected chi connectivity index (χ0v) is 10.8. The average molecular weight is 270 g/mol. The van der Waals surface area contributed by atoms with Crippen LogP contribution < -0.4 is 5.32 Å². The Balaban J connectivity index is 2.69. The maximum absolute atomic E-state index is 11.5. The van der Waals surface area contributed by atoms with Crippen molar-refractivity contribution in [3.63, 3.8) is 0 Å². The molecular weight excluding hydrogens is 254 g/mol. The van der Waals surface area contributed by atoms with E-state index in [-0.39, 0.29) is 17.9 Å².